The van der Waals surface area contributed by atoms with Crippen LogP contribution in [-0.2, 0) is 4.74 Å². The van der Waals surface area contributed by atoms with Crippen LogP contribution in [0, 0.1) is 0 Å². The lowest BCUT2D eigenvalue weighted by molar-refractivity contribution is -0.00924. The van der Waals surface area contributed by atoms with E-state index in [1.807, 2.05) is 0 Å². The number of carbonyl (C=O) groups excluding carboxylic acids is 1. The van der Waals surface area contributed by atoms with Crippen molar-refractivity contribution >= 4 is 17.5 Å². The number of morpholine rings is 1. The summed E-state index contributed by atoms with van der Waals surface area (Å²) in [4.78, 5) is 18.4. The van der Waals surface area contributed by atoms with E-state index in [4.69, 9.17) is 16.3 Å². The van der Waals surface area contributed by atoms with Gasteiger partial charge in [0.15, 0.2) is 0 Å². The first-order chi connectivity index (χ1) is 9.49. The van der Waals surface area contributed by atoms with Crippen LogP contribution in [0.4, 0.5) is 0 Å². The van der Waals surface area contributed by atoms with Gasteiger partial charge in [-0.25, -0.2) is 0 Å². The molecule has 1 fully saturated rings. The van der Waals surface area contributed by atoms with Gasteiger partial charge in [0, 0.05) is 36.4 Å². The molecule has 6 heteroatoms. The number of pyridine rings is 1. The van der Waals surface area contributed by atoms with E-state index in [0.717, 1.165) is 26.3 Å². The van der Waals surface area contributed by atoms with E-state index in [1.165, 1.54) is 6.20 Å². The van der Waals surface area contributed by atoms with Crippen LogP contribution in [0.25, 0.3) is 0 Å². The van der Waals surface area contributed by atoms with Crippen molar-refractivity contribution in [2.24, 2.45) is 0 Å². The van der Waals surface area contributed by atoms with E-state index < -0.39 is 0 Å². The summed E-state index contributed by atoms with van der Waals surface area (Å²) in [5, 5.41) is 3.43. The van der Waals surface area contributed by atoms with Crippen LogP contribution in [0.3, 0.4) is 0 Å². The summed E-state index contributed by atoms with van der Waals surface area (Å²) in [6.45, 7) is 8.05. The van der Waals surface area contributed by atoms with E-state index in [1.54, 1.807) is 12.1 Å². The quantitative estimate of drug-likeness (QED) is 0.917. The maximum absolute atomic E-state index is 12.1. The number of hydrogen-bond donors (Lipinski definition) is 1. The van der Waals surface area contributed by atoms with Crippen molar-refractivity contribution in [3.63, 3.8) is 0 Å². The molecule has 1 N–H and O–H groups in total. The third kappa shape index (κ3) is 3.91. The van der Waals surface area contributed by atoms with E-state index >= 15 is 0 Å². The van der Waals surface area contributed by atoms with Crippen molar-refractivity contribution in [1.82, 2.24) is 15.2 Å². The van der Waals surface area contributed by atoms with E-state index in [-0.39, 0.29) is 11.4 Å². The summed E-state index contributed by atoms with van der Waals surface area (Å²) in [6, 6.07) is 3.22. The first-order valence-corrected chi connectivity index (χ1v) is 7.09. The minimum Gasteiger partial charge on any atom is -0.379 e. The van der Waals surface area contributed by atoms with Crippen molar-refractivity contribution in [3.8, 4) is 0 Å². The molecule has 0 aromatic carbocycles. The number of amides is 1. The monoisotopic (exact) mass is 297 g/mol. The molecule has 0 radical (unpaired) electrons. The molecule has 110 valence electrons. The molecule has 0 aliphatic carbocycles. The van der Waals surface area contributed by atoms with Crippen molar-refractivity contribution in [1.29, 1.82) is 0 Å². The topological polar surface area (TPSA) is 54.5 Å². The zero-order valence-electron chi connectivity index (χ0n) is 11.9. The Balaban J connectivity index is 1.91. The van der Waals surface area contributed by atoms with Crippen molar-refractivity contribution in [3.05, 3.63) is 29.0 Å². The molecule has 0 atom stereocenters. The second-order valence-electron chi connectivity index (χ2n) is 5.45. The van der Waals surface area contributed by atoms with Gasteiger partial charge in [0.2, 0.25) is 0 Å². The van der Waals surface area contributed by atoms with E-state index in [0.29, 0.717) is 17.3 Å². The third-order valence-electron chi connectivity index (χ3n) is 3.50. The van der Waals surface area contributed by atoms with Gasteiger partial charge in [0.25, 0.3) is 5.91 Å². The Morgan fingerprint density at radius 2 is 2.20 bits per heavy atom. The molecule has 0 bridgehead atoms. The van der Waals surface area contributed by atoms with Gasteiger partial charge in [0.1, 0.15) is 5.69 Å². The second kappa shape index (κ2) is 6.52. The summed E-state index contributed by atoms with van der Waals surface area (Å²) in [5.41, 5.74) is 0.230. The fraction of sp³-hybridized carbons (Fsp3) is 0.571. The number of hydrogen-bond acceptors (Lipinski definition) is 4. The molecular formula is C14H20ClN3O2. The maximum Gasteiger partial charge on any atom is 0.269 e. The molecule has 0 unspecified atom stereocenters. The largest absolute Gasteiger partial charge is 0.379 e. The van der Waals surface area contributed by atoms with Crippen molar-refractivity contribution in [2.75, 3.05) is 32.8 Å². The zero-order valence-corrected chi connectivity index (χ0v) is 12.6. The minimum atomic E-state index is -0.200. The highest BCUT2D eigenvalue weighted by molar-refractivity contribution is 6.30. The highest BCUT2D eigenvalue weighted by atomic mass is 35.5. The first kappa shape index (κ1) is 15.2. The zero-order chi connectivity index (χ0) is 14.6. The molecule has 5 nitrogen and oxygen atoms in total. The molecule has 2 heterocycles. The van der Waals surface area contributed by atoms with Crippen LogP contribution in [0.1, 0.15) is 24.3 Å². The summed E-state index contributed by atoms with van der Waals surface area (Å²) in [5.74, 6) is -0.200. The predicted molar refractivity (Wildman–Crippen MR) is 78.1 cm³/mol. The van der Waals surface area contributed by atoms with Crippen molar-refractivity contribution in [2.45, 2.75) is 19.4 Å². The average Bonchev–Trinajstić information content (AvgIpc) is 2.46. The van der Waals surface area contributed by atoms with Gasteiger partial charge in [-0.15, -0.1) is 0 Å². The van der Waals surface area contributed by atoms with Crippen LogP contribution in [-0.4, -0.2) is 54.2 Å². The van der Waals surface area contributed by atoms with Crippen LogP contribution < -0.4 is 5.32 Å². The second-order valence-corrected chi connectivity index (χ2v) is 5.89. The van der Waals surface area contributed by atoms with Crippen LogP contribution in [0.2, 0.25) is 5.02 Å². The lowest BCUT2D eigenvalue weighted by atomic mass is 10.0. The van der Waals surface area contributed by atoms with Crippen LogP contribution in [0.5, 0.6) is 0 Å². The highest BCUT2D eigenvalue weighted by Gasteiger charge is 2.28. The number of ether oxygens (including phenoxy) is 1. The van der Waals surface area contributed by atoms with Gasteiger partial charge in [-0.3, -0.25) is 14.7 Å². The Kier molecular flexibility index (Phi) is 4.96. The van der Waals surface area contributed by atoms with Crippen molar-refractivity contribution < 1.29 is 9.53 Å². The maximum atomic E-state index is 12.1. The van der Waals surface area contributed by atoms with Gasteiger partial charge in [-0.1, -0.05) is 11.6 Å². The Morgan fingerprint density at radius 1 is 1.50 bits per heavy atom. The molecule has 1 aliphatic rings. The number of carbonyl (C=O) groups is 1. The SMILES string of the molecule is CC(C)(CNC(=O)c1cc(Cl)ccn1)N1CCOCC1. The van der Waals surface area contributed by atoms with E-state index in [2.05, 4.69) is 29.0 Å². The summed E-state index contributed by atoms with van der Waals surface area (Å²) >= 11 is 5.86. The standard InChI is InChI=1S/C14H20ClN3O2/c1-14(2,18-5-7-20-8-6-18)10-17-13(19)12-9-11(15)3-4-16-12/h3-4,9H,5-8,10H2,1-2H3,(H,17,19). The normalized spacial score (nSPS) is 16.9. The third-order valence-corrected chi connectivity index (χ3v) is 3.74. The Morgan fingerprint density at radius 3 is 2.85 bits per heavy atom. The molecule has 0 saturated carbocycles. The van der Waals surface area contributed by atoms with Crippen LogP contribution in [0.15, 0.2) is 18.3 Å². The predicted octanol–water partition coefficient (Wildman–Crippen LogP) is 1.58. The molecule has 1 amide bonds. The lowest BCUT2D eigenvalue weighted by Crippen LogP contribution is -2.55. The number of aromatic nitrogens is 1. The molecule has 1 aliphatic heterocycles. The smallest absolute Gasteiger partial charge is 0.269 e. The van der Waals surface area contributed by atoms with Gasteiger partial charge in [-0.2, -0.15) is 0 Å². The fourth-order valence-electron chi connectivity index (χ4n) is 2.20. The molecule has 1 aromatic rings. The molecular weight excluding hydrogens is 278 g/mol. The molecule has 1 aromatic heterocycles. The average molecular weight is 298 g/mol. The molecule has 20 heavy (non-hydrogen) atoms. The molecule has 1 saturated heterocycles. The number of halogens is 1. The van der Waals surface area contributed by atoms with Gasteiger partial charge in [0.05, 0.1) is 13.2 Å². The fourth-order valence-corrected chi connectivity index (χ4v) is 2.36. The van der Waals surface area contributed by atoms with Gasteiger partial charge in [-0.05, 0) is 26.0 Å². The number of rotatable bonds is 4. The summed E-state index contributed by atoms with van der Waals surface area (Å²) in [7, 11) is 0. The molecule has 0 spiro atoms. The lowest BCUT2D eigenvalue weighted by Gasteiger charge is -2.40. The summed E-state index contributed by atoms with van der Waals surface area (Å²) < 4.78 is 5.35. The number of nitrogens with zero attached hydrogens (tertiary/aromatic N) is 2. The first-order valence-electron chi connectivity index (χ1n) is 6.71. The Labute approximate surface area is 124 Å². The number of nitrogens with one attached hydrogen (secondary N) is 1. The Bertz CT molecular complexity index is 473. The van der Waals surface area contributed by atoms with E-state index in [9.17, 15) is 4.79 Å². The summed E-state index contributed by atoms with van der Waals surface area (Å²) in [6.07, 6.45) is 1.53. The molecule has 2 rings (SSSR count). The van der Waals surface area contributed by atoms with Gasteiger partial charge < -0.3 is 10.1 Å². The Hall–Kier alpha value is -1.17. The highest BCUT2D eigenvalue weighted by Crippen LogP contribution is 2.15. The van der Waals surface area contributed by atoms with Crippen LogP contribution >= 0.6 is 11.6 Å². The minimum absolute atomic E-state index is 0.113. The van der Waals surface area contributed by atoms with Gasteiger partial charge >= 0.3 is 0 Å².